The van der Waals surface area contributed by atoms with Crippen molar-refractivity contribution in [2.45, 2.75) is 120 Å². The molecule has 0 bridgehead atoms. The van der Waals surface area contributed by atoms with Crippen molar-refractivity contribution in [3.05, 3.63) is 23.5 Å². The Balaban J connectivity index is 1.17. The smallest absolute Gasteiger partial charge is 0.187 e. The topological polar surface area (TPSA) is 217 Å². The van der Waals surface area contributed by atoms with Crippen LogP contribution in [-0.4, -0.2) is 104 Å². The van der Waals surface area contributed by atoms with Gasteiger partial charge in [0.1, 0.15) is 41.6 Å². The number of hydrogen-bond donors (Lipinski definition) is 8. The molecule has 0 amide bonds. The Kier molecular flexibility index (Phi) is 10.9. The van der Waals surface area contributed by atoms with Gasteiger partial charge in [0.15, 0.2) is 12.1 Å². The number of ether oxygens (including phenoxy) is 2. The third-order valence-electron chi connectivity index (χ3n) is 12.3. The minimum absolute atomic E-state index is 0.0409. The van der Waals surface area contributed by atoms with Crippen molar-refractivity contribution in [3.8, 4) is 0 Å². The first-order valence-electron chi connectivity index (χ1n) is 17.9. The highest BCUT2D eigenvalue weighted by molar-refractivity contribution is 6.02. The summed E-state index contributed by atoms with van der Waals surface area (Å²) in [6.07, 6.45) is 5.06. The molecule has 4 aliphatic carbocycles. The van der Waals surface area contributed by atoms with Crippen LogP contribution in [0.2, 0.25) is 0 Å². The summed E-state index contributed by atoms with van der Waals surface area (Å²) in [6, 6.07) is 0. The van der Waals surface area contributed by atoms with E-state index in [0.29, 0.717) is 38.0 Å². The Bertz CT molecular complexity index is 1210. The van der Waals surface area contributed by atoms with Crippen LogP contribution in [0.25, 0.3) is 0 Å². The van der Waals surface area contributed by atoms with E-state index >= 15 is 0 Å². The number of carbonyl (C=O) groups is 2. The molecule has 0 aromatic rings. The molecule has 6 rings (SSSR count). The normalized spacial score (nSPS) is 45.9. The van der Waals surface area contributed by atoms with E-state index < -0.39 is 66.6 Å². The van der Waals surface area contributed by atoms with Gasteiger partial charge in [-0.05, 0) is 80.8 Å². The van der Waals surface area contributed by atoms with Gasteiger partial charge in [-0.15, -0.1) is 0 Å². The first-order chi connectivity index (χ1) is 22.5. The zero-order chi connectivity index (χ0) is 33.5. The molecule has 6 aliphatic rings. The second kappa shape index (κ2) is 14.6. The van der Waals surface area contributed by atoms with Crippen LogP contribution in [0.15, 0.2) is 23.5 Å². The van der Waals surface area contributed by atoms with Crippen LogP contribution < -0.4 is 11.1 Å². The molecule has 5 fully saturated rings. The zero-order valence-electron chi connectivity index (χ0n) is 27.2. The summed E-state index contributed by atoms with van der Waals surface area (Å²) in [7, 11) is 0. The van der Waals surface area contributed by atoms with E-state index in [1.807, 2.05) is 6.08 Å². The Labute approximate surface area is 276 Å². The molecule has 10 N–H and O–H groups in total. The average molecular weight is 664 g/mol. The third kappa shape index (κ3) is 7.00. The van der Waals surface area contributed by atoms with Crippen LogP contribution in [0, 0.1) is 41.4 Å². The lowest BCUT2D eigenvalue weighted by molar-refractivity contribution is -0.699. The van der Waals surface area contributed by atoms with Gasteiger partial charge in [0.05, 0.1) is 37.0 Å². The largest absolute Gasteiger partial charge is 0.512 e. The number of piperidine rings is 1. The predicted octanol–water partition coefficient (Wildman–Crippen LogP) is -0.0487. The van der Waals surface area contributed by atoms with Crippen LogP contribution in [0.1, 0.15) is 77.0 Å². The number of aliphatic hydroxyl groups is 6. The fraction of sp³-hybridized carbons (Fsp3) is 0.829. The quantitative estimate of drug-likeness (QED) is 0.164. The summed E-state index contributed by atoms with van der Waals surface area (Å²) in [5, 5.41) is 67.1. The number of quaternary nitrogens is 1. The summed E-state index contributed by atoms with van der Waals surface area (Å²) in [4.78, 5) is 28.1. The molecule has 3 saturated carbocycles. The van der Waals surface area contributed by atoms with Crippen molar-refractivity contribution < 1.29 is 55.0 Å². The van der Waals surface area contributed by atoms with Crippen molar-refractivity contribution in [2.24, 2.45) is 47.2 Å². The SMILES string of the molecule is NC1CC(CC[C@]2(O)[C@H](O)[C@@H](CO)O[C@H](OC3CCCC4C(=O)[C@@H]5C=C(CC6CCCC(CO)C6)C=C(O)[C@H]5C(=O)C34)[C@@H]2O)CC[NH2+]1. The Morgan fingerprint density at radius 2 is 1.72 bits per heavy atom. The highest BCUT2D eigenvalue weighted by Gasteiger charge is 2.59. The minimum atomic E-state index is -2.03. The van der Waals surface area contributed by atoms with Crippen molar-refractivity contribution in [1.29, 1.82) is 0 Å². The number of aliphatic hydroxyl groups excluding tert-OH is 5. The second-order valence-corrected chi connectivity index (χ2v) is 15.4. The molecular formula is C35H55N2O10+. The van der Waals surface area contributed by atoms with Crippen molar-refractivity contribution in [1.82, 2.24) is 0 Å². The maximum Gasteiger partial charge on any atom is 0.187 e. The lowest BCUT2D eigenvalue weighted by atomic mass is 9.59. The molecule has 14 atom stereocenters. The molecule has 0 aromatic heterocycles. The van der Waals surface area contributed by atoms with Gasteiger partial charge in [-0.2, -0.15) is 0 Å². The van der Waals surface area contributed by atoms with E-state index in [1.165, 1.54) is 0 Å². The molecule has 47 heavy (non-hydrogen) atoms. The summed E-state index contributed by atoms with van der Waals surface area (Å²) in [5.74, 6) is -2.91. The molecule has 2 saturated heterocycles. The molecule has 0 aromatic carbocycles. The highest BCUT2D eigenvalue weighted by Crippen LogP contribution is 2.48. The van der Waals surface area contributed by atoms with Gasteiger partial charge in [-0.1, -0.05) is 25.3 Å². The van der Waals surface area contributed by atoms with Crippen LogP contribution in [0.5, 0.6) is 0 Å². The van der Waals surface area contributed by atoms with Crippen LogP contribution in [-0.2, 0) is 19.1 Å². The highest BCUT2D eigenvalue weighted by atomic mass is 16.7. The lowest BCUT2D eigenvalue weighted by Gasteiger charge is -2.50. The fourth-order valence-corrected chi connectivity index (χ4v) is 9.70. The number of carbonyl (C=O) groups excluding carboxylic acids is 2. The number of allylic oxidation sites excluding steroid dienone is 4. The maximum atomic E-state index is 14.1. The van der Waals surface area contributed by atoms with Gasteiger partial charge in [0.25, 0.3) is 0 Å². The monoisotopic (exact) mass is 663 g/mol. The van der Waals surface area contributed by atoms with E-state index in [0.717, 1.165) is 50.6 Å². The molecule has 2 heterocycles. The first-order valence-corrected chi connectivity index (χ1v) is 17.9. The fourth-order valence-electron chi connectivity index (χ4n) is 9.70. The predicted molar refractivity (Wildman–Crippen MR) is 168 cm³/mol. The molecule has 7 unspecified atom stereocenters. The lowest BCUT2D eigenvalue weighted by Crippen LogP contribution is -2.94. The van der Waals surface area contributed by atoms with Gasteiger partial charge in [0, 0.05) is 18.9 Å². The van der Waals surface area contributed by atoms with Gasteiger partial charge >= 0.3 is 0 Å². The first kappa shape index (κ1) is 35.1. The van der Waals surface area contributed by atoms with Gasteiger partial charge in [-0.25, -0.2) is 0 Å². The van der Waals surface area contributed by atoms with Crippen LogP contribution >= 0.6 is 0 Å². The van der Waals surface area contributed by atoms with E-state index in [2.05, 4.69) is 5.32 Å². The number of fused-ring (bicyclic) bond motifs is 2. The molecule has 0 spiro atoms. The van der Waals surface area contributed by atoms with E-state index in [4.69, 9.17) is 15.2 Å². The molecule has 2 aliphatic heterocycles. The summed E-state index contributed by atoms with van der Waals surface area (Å²) < 4.78 is 12.1. The number of nitrogens with two attached hydrogens (primary N) is 2. The molecule has 0 radical (unpaired) electrons. The molecule has 12 nitrogen and oxygen atoms in total. The van der Waals surface area contributed by atoms with Crippen molar-refractivity contribution in [3.63, 3.8) is 0 Å². The number of hydrogen-bond acceptors (Lipinski definition) is 11. The van der Waals surface area contributed by atoms with E-state index in [9.17, 15) is 40.2 Å². The Morgan fingerprint density at radius 3 is 2.47 bits per heavy atom. The number of ketones is 2. The summed E-state index contributed by atoms with van der Waals surface area (Å²) in [6.45, 7) is 0.403. The van der Waals surface area contributed by atoms with Gasteiger partial charge < -0.3 is 45.4 Å². The third-order valence-corrected chi connectivity index (χ3v) is 12.3. The standard InChI is InChI=1S/C35H54N2O10/c36-27-15-18(8-10-37-27)7-9-35(45)32(43)26(17-39)47-34(33(35)44)46-25-6-2-5-22-29(25)31(42)28-23(30(22)41)13-21(14-24(28)40)12-19-3-1-4-20(11-19)16-38/h13-14,18-20,22-23,25-29,32-34,37-40,43-45H,1-12,15-17,36H2/p+1/t18?,19?,20?,22?,23-,25?,26-,27?,28+,29?,32-,33+,34+,35+/m1/s1. The van der Waals surface area contributed by atoms with E-state index in [-0.39, 0.29) is 48.4 Å². The summed E-state index contributed by atoms with van der Waals surface area (Å²) >= 11 is 0. The zero-order valence-corrected chi connectivity index (χ0v) is 27.2. The average Bonchev–Trinajstić information content (AvgIpc) is 3.06. The molecular weight excluding hydrogens is 608 g/mol. The molecule has 12 heteroatoms. The Morgan fingerprint density at radius 1 is 0.957 bits per heavy atom. The molecule has 264 valence electrons. The van der Waals surface area contributed by atoms with E-state index in [1.54, 1.807) is 6.08 Å². The minimum Gasteiger partial charge on any atom is -0.512 e. The number of Topliss-reactive ketones (excluding diaryl/α,β-unsaturated/α-hetero) is 2. The van der Waals surface area contributed by atoms with Gasteiger partial charge in [-0.3, -0.25) is 15.3 Å². The van der Waals surface area contributed by atoms with Crippen LogP contribution in [0.3, 0.4) is 0 Å². The van der Waals surface area contributed by atoms with Gasteiger partial charge in [0.2, 0.25) is 0 Å². The van der Waals surface area contributed by atoms with Crippen molar-refractivity contribution >= 4 is 11.6 Å². The summed E-state index contributed by atoms with van der Waals surface area (Å²) in [5.41, 5.74) is 4.92. The second-order valence-electron chi connectivity index (χ2n) is 15.4. The van der Waals surface area contributed by atoms with Crippen LogP contribution in [0.4, 0.5) is 0 Å². The Hall–Kier alpha value is -1.74. The number of rotatable bonds is 9. The maximum absolute atomic E-state index is 14.1. The van der Waals surface area contributed by atoms with Crippen molar-refractivity contribution in [2.75, 3.05) is 19.8 Å².